The fourth-order valence-electron chi connectivity index (χ4n) is 3.68. The Bertz CT molecular complexity index is 1110. The molecule has 0 aliphatic heterocycles. The molecule has 1 amide bonds. The second-order valence-corrected chi connectivity index (χ2v) is 7.72. The van der Waals surface area contributed by atoms with Crippen LogP contribution in [0.2, 0.25) is 5.02 Å². The number of amides is 1. The number of nitrogens with one attached hydrogen (secondary N) is 1. The Morgan fingerprint density at radius 2 is 1.19 bits per heavy atom. The van der Waals surface area contributed by atoms with Crippen molar-refractivity contribution < 1.29 is 9.90 Å². The predicted molar refractivity (Wildman–Crippen MR) is 125 cm³/mol. The summed E-state index contributed by atoms with van der Waals surface area (Å²) < 4.78 is 0. The Labute approximate surface area is 187 Å². The zero-order valence-electron chi connectivity index (χ0n) is 16.8. The molecule has 3 nitrogen and oxygen atoms in total. The second-order valence-electron chi connectivity index (χ2n) is 7.29. The number of carbonyl (C=O) groups is 1. The molecule has 4 rings (SSSR count). The molecule has 1 atom stereocenters. The number of hydrogen-bond acceptors (Lipinski definition) is 2. The molecule has 0 unspecified atom stereocenters. The van der Waals surface area contributed by atoms with Gasteiger partial charge >= 0.3 is 0 Å². The molecule has 0 aromatic heterocycles. The Morgan fingerprint density at radius 1 is 0.710 bits per heavy atom. The van der Waals surface area contributed by atoms with Crippen LogP contribution in [0, 0.1) is 0 Å². The average molecular weight is 428 g/mol. The summed E-state index contributed by atoms with van der Waals surface area (Å²) >= 11 is 6.22. The quantitative estimate of drug-likeness (QED) is 0.385. The van der Waals surface area contributed by atoms with E-state index in [9.17, 15) is 9.90 Å². The molecule has 0 saturated carbocycles. The van der Waals surface area contributed by atoms with E-state index in [0.717, 1.165) is 16.7 Å². The third-order valence-corrected chi connectivity index (χ3v) is 5.44. The van der Waals surface area contributed by atoms with Gasteiger partial charge in [0.05, 0.1) is 5.92 Å². The molecule has 0 fully saturated rings. The van der Waals surface area contributed by atoms with Gasteiger partial charge in [0, 0.05) is 16.3 Å². The van der Waals surface area contributed by atoms with E-state index >= 15 is 0 Å². The number of carbonyl (C=O) groups excluding carboxylic acids is 1. The maximum atomic E-state index is 13.5. The standard InChI is InChI=1S/C27H22ClNO2/c28-22-16-17-24(23(18-22)26(30)21-14-8-3-9-15-21)29-27(31)25(19-10-4-1-5-11-19)20-12-6-2-7-13-20/h1-18,25-26,30H,(H,29,31)/t26-/m0/s1. The summed E-state index contributed by atoms with van der Waals surface area (Å²) in [5.74, 6) is -0.666. The first-order valence-electron chi connectivity index (χ1n) is 10.1. The lowest BCUT2D eigenvalue weighted by atomic mass is 9.90. The molecule has 154 valence electrons. The maximum absolute atomic E-state index is 13.5. The lowest BCUT2D eigenvalue weighted by Gasteiger charge is -2.21. The molecule has 0 bridgehead atoms. The Kier molecular flexibility index (Phi) is 6.46. The SMILES string of the molecule is O=C(Nc1ccc(Cl)cc1[C@@H](O)c1ccccc1)C(c1ccccc1)c1ccccc1. The highest BCUT2D eigenvalue weighted by atomic mass is 35.5. The number of aliphatic hydroxyl groups is 1. The second kappa shape index (κ2) is 9.61. The lowest BCUT2D eigenvalue weighted by molar-refractivity contribution is -0.116. The van der Waals surface area contributed by atoms with Gasteiger partial charge in [0.1, 0.15) is 6.10 Å². The van der Waals surface area contributed by atoms with Crippen LogP contribution < -0.4 is 5.32 Å². The van der Waals surface area contributed by atoms with E-state index in [4.69, 9.17) is 11.6 Å². The fourth-order valence-corrected chi connectivity index (χ4v) is 3.86. The zero-order valence-corrected chi connectivity index (χ0v) is 17.5. The van der Waals surface area contributed by atoms with Gasteiger partial charge in [-0.3, -0.25) is 4.79 Å². The van der Waals surface area contributed by atoms with Gasteiger partial charge in [-0.1, -0.05) is 103 Å². The highest BCUT2D eigenvalue weighted by Crippen LogP contribution is 2.33. The molecule has 0 heterocycles. The summed E-state index contributed by atoms with van der Waals surface area (Å²) in [5.41, 5.74) is 3.59. The van der Waals surface area contributed by atoms with Crippen molar-refractivity contribution in [2.45, 2.75) is 12.0 Å². The van der Waals surface area contributed by atoms with Gasteiger partial charge in [-0.2, -0.15) is 0 Å². The van der Waals surface area contributed by atoms with E-state index in [1.54, 1.807) is 18.2 Å². The summed E-state index contributed by atoms with van der Waals surface area (Å²) in [6.07, 6.45) is -0.915. The molecule has 0 aliphatic carbocycles. The average Bonchev–Trinajstić information content (AvgIpc) is 2.82. The van der Waals surface area contributed by atoms with Crippen molar-refractivity contribution in [1.29, 1.82) is 0 Å². The number of aliphatic hydroxyl groups excluding tert-OH is 1. The smallest absolute Gasteiger partial charge is 0.236 e. The number of hydrogen-bond donors (Lipinski definition) is 2. The molecule has 0 spiro atoms. The van der Waals surface area contributed by atoms with Gasteiger partial charge in [0.2, 0.25) is 5.91 Å². The van der Waals surface area contributed by atoms with E-state index in [2.05, 4.69) is 5.32 Å². The monoisotopic (exact) mass is 427 g/mol. The molecular weight excluding hydrogens is 406 g/mol. The Morgan fingerprint density at radius 3 is 1.71 bits per heavy atom. The summed E-state index contributed by atoms with van der Waals surface area (Å²) in [7, 11) is 0. The van der Waals surface area contributed by atoms with E-state index < -0.39 is 12.0 Å². The summed E-state index contributed by atoms with van der Waals surface area (Å²) in [4.78, 5) is 13.5. The van der Waals surface area contributed by atoms with E-state index in [-0.39, 0.29) is 5.91 Å². The lowest BCUT2D eigenvalue weighted by Crippen LogP contribution is -2.23. The Balaban J connectivity index is 1.70. The van der Waals surface area contributed by atoms with Crippen LogP contribution in [-0.2, 0) is 4.79 Å². The van der Waals surface area contributed by atoms with Crippen LogP contribution >= 0.6 is 11.6 Å². The third-order valence-electron chi connectivity index (χ3n) is 5.21. The molecule has 31 heavy (non-hydrogen) atoms. The summed E-state index contributed by atoms with van der Waals surface area (Å²) in [6, 6.07) is 33.7. The first kappa shape index (κ1) is 20.9. The number of benzene rings is 4. The highest BCUT2D eigenvalue weighted by molar-refractivity contribution is 6.30. The molecule has 4 aromatic rings. The minimum atomic E-state index is -0.915. The Hall–Kier alpha value is -3.40. The number of anilines is 1. The van der Waals surface area contributed by atoms with Gasteiger partial charge in [0.25, 0.3) is 0 Å². The molecule has 2 N–H and O–H groups in total. The normalized spacial score (nSPS) is 11.8. The molecule has 0 radical (unpaired) electrons. The van der Waals surface area contributed by atoms with Crippen LogP contribution in [0.25, 0.3) is 0 Å². The van der Waals surface area contributed by atoms with Crippen LogP contribution in [0.15, 0.2) is 109 Å². The van der Waals surface area contributed by atoms with Crippen LogP contribution in [-0.4, -0.2) is 11.0 Å². The van der Waals surface area contributed by atoms with Gasteiger partial charge in [-0.25, -0.2) is 0 Å². The molecule has 0 saturated heterocycles. The molecule has 4 aromatic carbocycles. The number of halogens is 1. The van der Waals surface area contributed by atoms with E-state index in [1.807, 2.05) is 91.0 Å². The summed E-state index contributed by atoms with van der Waals surface area (Å²) in [6.45, 7) is 0. The predicted octanol–water partition coefficient (Wildman–Crippen LogP) is 6.19. The zero-order chi connectivity index (χ0) is 21.6. The van der Waals surface area contributed by atoms with Crippen molar-refractivity contribution in [2.24, 2.45) is 0 Å². The van der Waals surface area contributed by atoms with Crippen molar-refractivity contribution >= 4 is 23.2 Å². The van der Waals surface area contributed by atoms with Crippen LogP contribution in [0.3, 0.4) is 0 Å². The van der Waals surface area contributed by atoms with Crippen molar-refractivity contribution in [3.63, 3.8) is 0 Å². The van der Waals surface area contributed by atoms with Crippen molar-refractivity contribution in [1.82, 2.24) is 0 Å². The first-order valence-corrected chi connectivity index (χ1v) is 10.4. The van der Waals surface area contributed by atoms with Crippen molar-refractivity contribution in [3.8, 4) is 0 Å². The fraction of sp³-hybridized carbons (Fsp3) is 0.0741. The minimum Gasteiger partial charge on any atom is -0.384 e. The third kappa shape index (κ3) is 4.85. The highest BCUT2D eigenvalue weighted by Gasteiger charge is 2.24. The van der Waals surface area contributed by atoms with Crippen LogP contribution in [0.1, 0.15) is 34.3 Å². The first-order chi connectivity index (χ1) is 15.1. The molecule has 4 heteroatoms. The van der Waals surface area contributed by atoms with Crippen LogP contribution in [0.4, 0.5) is 5.69 Å². The molecule has 0 aliphatic rings. The topological polar surface area (TPSA) is 49.3 Å². The largest absolute Gasteiger partial charge is 0.384 e. The van der Waals surface area contributed by atoms with Crippen molar-refractivity contribution in [3.05, 3.63) is 136 Å². The van der Waals surface area contributed by atoms with E-state index in [1.165, 1.54) is 0 Å². The maximum Gasteiger partial charge on any atom is 0.236 e. The van der Waals surface area contributed by atoms with Gasteiger partial charge in [0.15, 0.2) is 0 Å². The van der Waals surface area contributed by atoms with Gasteiger partial charge in [-0.15, -0.1) is 0 Å². The van der Waals surface area contributed by atoms with Crippen molar-refractivity contribution in [2.75, 3.05) is 5.32 Å². The number of rotatable bonds is 6. The minimum absolute atomic E-state index is 0.179. The van der Waals surface area contributed by atoms with Gasteiger partial charge < -0.3 is 10.4 Å². The van der Waals surface area contributed by atoms with Gasteiger partial charge in [-0.05, 0) is 34.9 Å². The van der Waals surface area contributed by atoms with E-state index in [0.29, 0.717) is 16.3 Å². The summed E-state index contributed by atoms with van der Waals surface area (Å²) in [5, 5.41) is 14.5. The molecular formula is C27H22ClNO2. The van der Waals surface area contributed by atoms with Crippen LogP contribution in [0.5, 0.6) is 0 Å².